The van der Waals surface area contributed by atoms with Crippen LogP contribution in [0.15, 0.2) is 0 Å². The Morgan fingerprint density at radius 2 is 1.16 bits per heavy atom. The summed E-state index contributed by atoms with van der Waals surface area (Å²) >= 11 is 0. The molecule has 0 heterocycles. The van der Waals surface area contributed by atoms with E-state index in [1.807, 2.05) is 20.8 Å². The second kappa shape index (κ2) is 15.5. The first-order valence-corrected chi connectivity index (χ1v) is 12.2. The molecular weight excluding hydrogens is 658 g/mol. The summed E-state index contributed by atoms with van der Waals surface area (Å²) in [5, 5.41) is 8.46. The fourth-order valence-electron chi connectivity index (χ4n) is 2.42. The van der Waals surface area contributed by atoms with Crippen LogP contribution in [0, 0.1) is 23.2 Å². The van der Waals surface area contributed by atoms with Crippen LogP contribution >= 0.6 is 0 Å². The highest BCUT2D eigenvalue weighted by atomic mass is 19.4. The number of halogens is 16. The summed E-state index contributed by atoms with van der Waals surface area (Å²) in [6.45, 7) is 4.02. The molecule has 0 bridgehead atoms. The Bertz CT molecular complexity index is 982. The van der Waals surface area contributed by atoms with Crippen molar-refractivity contribution in [2.75, 3.05) is 13.2 Å². The number of esters is 2. The van der Waals surface area contributed by atoms with Gasteiger partial charge in [0.05, 0.1) is 18.6 Å². The lowest BCUT2D eigenvalue weighted by molar-refractivity contribution is -0.447. The zero-order valence-electron chi connectivity index (χ0n) is 23.1. The topological polar surface area (TPSA) is 76.4 Å². The molecular formula is C23H27F16NO4. The average molecular weight is 685 g/mol. The molecule has 44 heavy (non-hydrogen) atoms. The SMILES string of the molecule is CCC(C)C(=O)OCCC(C)C#N.CCCC(=O)OCC(F)(F)C(F)(F)C(F)(F)C(F)(F)C(F)(F)C(F)(F)C(F)(F)C(F)F. The van der Waals surface area contributed by atoms with Gasteiger partial charge in [-0.05, 0) is 26.2 Å². The molecule has 0 saturated heterocycles. The lowest BCUT2D eigenvalue weighted by atomic mass is 9.89. The average Bonchev–Trinajstić information content (AvgIpc) is 2.90. The van der Waals surface area contributed by atoms with E-state index in [1.165, 1.54) is 6.92 Å². The number of nitriles is 1. The Kier molecular flexibility index (Phi) is 15.3. The second-order valence-electron chi connectivity index (χ2n) is 9.21. The van der Waals surface area contributed by atoms with Crippen LogP contribution in [0.1, 0.15) is 53.4 Å². The van der Waals surface area contributed by atoms with E-state index in [-0.39, 0.29) is 24.2 Å². The molecule has 0 aliphatic carbocycles. The maximum atomic E-state index is 13.4. The van der Waals surface area contributed by atoms with Crippen LogP contribution in [-0.4, -0.2) is 73.0 Å². The van der Waals surface area contributed by atoms with E-state index in [1.54, 1.807) is 0 Å². The number of hydrogen-bond donors (Lipinski definition) is 0. The van der Waals surface area contributed by atoms with Crippen molar-refractivity contribution in [1.29, 1.82) is 5.26 Å². The van der Waals surface area contributed by atoms with Gasteiger partial charge in [-0.15, -0.1) is 0 Å². The van der Waals surface area contributed by atoms with Gasteiger partial charge in [0.15, 0.2) is 6.61 Å². The number of hydrogen-bond acceptors (Lipinski definition) is 5. The van der Waals surface area contributed by atoms with E-state index in [2.05, 4.69) is 10.8 Å². The molecule has 0 rings (SSSR count). The van der Waals surface area contributed by atoms with Crippen molar-refractivity contribution in [3.05, 3.63) is 0 Å². The predicted octanol–water partition coefficient (Wildman–Crippen LogP) is 8.17. The Morgan fingerprint density at radius 3 is 1.55 bits per heavy atom. The highest BCUT2D eigenvalue weighted by molar-refractivity contribution is 5.71. The van der Waals surface area contributed by atoms with E-state index < -0.39 is 66.9 Å². The van der Waals surface area contributed by atoms with Gasteiger partial charge in [0.2, 0.25) is 0 Å². The largest absolute Gasteiger partial charge is 0.465 e. The van der Waals surface area contributed by atoms with E-state index in [0.29, 0.717) is 13.0 Å². The second-order valence-corrected chi connectivity index (χ2v) is 9.21. The van der Waals surface area contributed by atoms with Gasteiger partial charge < -0.3 is 9.47 Å². The molecule has 0 amide bonds. The summed E-state index contributed by atoms with van der Waals surface area (Å²) in [6.07, 6.45) is -5.45. The van der Waals surface area contributed by atoms with Crippen molar-refractivity contribution >= 4 is 11.9 Å². The fraction of sp³-hybridized carbons (Fsp3) is 0.870. The molecule has 21 heteroatoms. The number of carbonyl (C=O) groups is 2. The molecule has 2 unspecified atom stereocenters. The molecule has 2 atom stereocenters. The Morgan fingerprint density at radius 1 is 0.727 bits per heavy atom. The van der Waals surface area contributed by atoms with Crippen LogP contribution in [0.4, 0.5) is 70.2 Å². The lowest BCUT2D eigenvalue weighted by Crippen LogP contribution is -2.74. The molecule has 0 spiro atoms. The summed E-state index contributed by atoms with van der Waals surface area (Å²) < 4.78 is 217. The van der Waals surface area contributed by atoms with Crippen LogP contribution in [0.2, 0.25) is 0 Å². The first-order chi connectivity index (χ1) is 19.5. The normalized spacial score (nSPS) is 15.1. The highest BCUT2D eigenvalue weighted by Gasteiger charge is 2.93. The molecule has 0 N–H and O–H groups in total. The predicted molar refractivity (Wildman–Crippen MR) is 116 cm³/mol. The van der Waals surface area contributed by atoms with Crippen molar-refractivity contribution in [2.24, 2.45) is 11.8 Å². The molecule has 0 aliphatic rings. The van der Waals surface area contributed by atoms with Crippen LogP contribution < -0.4 is 0 Å². The van der Waals surface area contributed by atoms with Gasteiger partial charge in [0, 0.05) is 12.3 Å². The van der Waals surface area contributed by atoms with Crippen molar-refractivity contribution in [3.63, 3.8) is 0 Å². The number of carbonyl (C=O) groups excluding carboxylic acids is 2. The summed E-state index contributed by atoms with van der Waals surface area (Å²) in [6, 6.07) is 2.09. The molecule has 0 aromatic rings. The van der Waals surface area contributed by atoms with Crippen molar-refractivity contribution in [2.45, 2.75) is 101 Å². The van der Waals surface area contributed by atoms with Crippen molar-refractivity contribution in [1.82, 2.24) is 0 Å². The van der Waals surface area contributed by atoms with Gasteiger partial charge in [0.1, 0.15) is 0 Å². The number of ether oxygens (including phenoxy) is 2. The molecule has 5 nitrogen and oxygen atoms in total. The van der Waals surface area contributed by atoms with Gasteiger partial charge in [-0.3, -0.25) is 9.59 Å². The number of nitrogens with zero attached hydrogens (tertiary/aromatic N) is 1. The highest BCUT2D eigenvalue weighted by Crippen LogP contribution is 2.62. The number of rotatable bonds is 16. The van der Waals surface area contributed by atoms with E-state index in [9.17, 15) is 79.8 Å². The molecule has 0 aromatic carbocycles. The third-order valence-corrected chi connectivity index (χ3v) is 5.63. The van der Waals surface area contributed by atoms with Crippen LogP contribution in [-0.2, 0) is 19.1 Å². The van der Waals surface area contributed by atoms with E-state index in [4.69, 9.17) is 10.00 Å². The quantitative estimate of drug-likeness (QED) is 0.121. The standard InChI is InChI=1S/C13H10F16O2.C10H17NO2/c1-2-3-5(30)31-4-7(16,17)9(20,21)11(24,25)13(28,29)12(26,27)10(22,23)8(18,19)6(14)15;1-4-9(3)10(12)13-6-5-8(2)7-11/h6H,2-4H2,1H3;8-9H,4-6H2,1-3H3. The maximum absolute atomic E-state index is 13.4. The summed E-state index contributed by atoms with van der Waals surface area (Å²) in [5.74, 6) is -57.1. The monoisotopic (exact) mass is 685 g/mol. The van der Waals surface area contributed by atoms with Crippen LogP contribution in [0.25, 0.3) is 0 Å². The van der Waals surface area contributed by atoms with Gasteiger partial charge in [0.25, 0.3) is 0 Å². The van der Waals surface area contributed by atoms with Crippen LogP contribution in [0.5, 0.6) is 0 Å². The minimum atomic E-state index is -8.46. The fourth-order valence-corrected chi connectivity index (χ4v) is 2.42. The van der Waals surface area contributed by atoms with E-state index in [0.717, 1.165) is 6.42 Å². The molecule has 260 valence electrons. The summed E-state index contributed by atoms with van der Waals surface area (Å²) in [4.78, 5) is 22.0. The van der Waals surface area contributed by atoms with Gasteiger partial charge in [-0.1, -0.05) is 20.8 Å². The molecule has 0 fully saturated rings. The van der Waals surface area contributed by atoms with Crippen molar-refractivity contribution < 1.29 is 89.3 Å². The van der Waals surface area contributed by atoms with Crippen LogP contribution in [0.3, 0.4) is 0 Å². The van der Waals surface area contributed by atoms with Crippen molar-refractivity contribution in [3.8, 4) is 6.07 Å². The minimum absolute atomic E-state index is 0.0302. The Hall–Kier alpha value is -2.69. The van der Waals surface area contributed by atoms with E-state index >= 15 is 0 Å². The Balaban J connectivity index is 0. The van der Waals surface area contributed by atoms with Gasteiger partial charge in [-0.2, -0.15) is 66.7 Å². The smallest absolute Gasteiger partial charge is 0.385 e. The molecule has 0 aromatic heterocycles. The zero-order chi connectivity index (χ0) is 35.8. The first kappa shape index (κ1) is 43.4. The maximum Gasteiger partial charge on any atom is 0.385 e. The minimum Gasteiger partial charge on any atom is -0.465 e. The zero-order valence-corrected chi connectivity index (χ0v) is 23.1. The molecule has 0 radical (unpaired) electrons. The molecule has 0 saturated carbocycles. The number of alkyl halides is 16. The third kappa shape index (κ3) is 8.95. The Labute approximate surface area is 239 Å². The molecule has 0 aliphatic heterocycles. The third-order valence-electron chi connectivity index (χ3n) is 5.63. The lowest BCUT2D eigenvalue weighted by Gasteiger charge is -2.42. The van der Waals surface area contributed by atoms with Gasteiger partial charge in [-0.25, -0.2) is 8.78 Å². The summed E-state index contributed by atoms with van der Waals surface area (Å²) in [5.41, 5.74) is 0. The first-order valence-electron chi connectivity index (χ1n) is 12.2. The van der Waals surface area contributed by atoms with Gasteiger partial charge >= 0.3 is 59.8 Å². The summed E-state index contributed by atoms with van der Waals surface area (Å²) in [7, 11) is 0.